The summed E-state index contributed by atoms with van der Waals surface area (Å²) in [5.41, 5.74) is 0.286. The minimum absolute atomic E-state index is 0.00443. The van der Waals surface area contributed by atoms with Crippen molar-refractivity contribution in [1.29, 1.82) is 0 Å². The molecule has 0 saturated heterocycles. The lowest BCUT2D eigenvalue weighted by atomic mass is 10.0. The number of nitro benzene ring substituents is 1. The number of halogens is 1. The first-order valence-electron chi connectivity index (χ1n) is 9.74. The highest BCUT2D eigenvalue weighted by molar-refractivity contribution is 7.89. The van der Waals surface area contributed by atoms with E-state index in [1.165, 1.54) is 0 Å². The van der Waals surface area contributed by atoms with Gasteiger partial charge in [0.2, 0.25) is 10.0 Å². The van der Waals surface area contributed by atoms with Crippen LogP contribution in [0.2, 0.25) is 5.02 Å². The Balaban J connectivity index is 2.59. The van der Waals surface area contributed by atoms with E-state index in [2.05, 4.69) is 0 Å². The van der Waals surface area contributed by atoms with Crippen LogP contribution in [0.3, 0.4) is 0 Å². The largest absolute Gasteiger partial charge is 0.465 e. The molecule has 8 nitrogen and oxygen atoms in total. The Bertz CT molecular complexity index is 1020. The summed E-state index contributed by atoms with van der Waals surface area (Å²) in [6, 6.07) is 10.2. The van der Waals surface area contributed by atoms with Crippen molar-refractivity contribution < 1.29 is 22.9 Å². The molecule has 31 heavy (non-hydrogen) atoms. The number of hydrogen-bond donors (Lipinski definition) is 0. The first-order valence-corrected chi connectivity index (χ1v) is 11.6. The van der Waals surface area contributed by atoms with Gasteiger partial charge in [-0.05, 0) is 43.0 Å². The highest BCUT2D eigenvalue weighted by Crippen LogP contribution is 2.28. The van der Waals surface area contributed by atoms with E-state index in [0.717, 1.165) is 28.6 Å². The fourth-order valence-electron chi connectivity index (χ4n) is 3.05. The molecule has 0 fully saturated rings. The predicted molar refractivity (Wildman–Crippen MR) is 117 cm³/mol. The van der Waals surface area contributed by atoms with Gasteiger partial charge < -0.3 is 4.74 Å². The van der Waals surface area contributed by atoms with Crippen LogP contribution in [-0.2, 0) is 26.1 Å². The Morgan fingerprint density at radius 1 is 1.16 bits per heavy atom. The van der Waals surface area contributed by atoms with E-state index >= 15 is 0 Å². The number of carbonyl (C=O) groups excluding carboxylic acids is 1. The molecule has 0 aliphatic heterocycles. The lowest BCUT2D eigenvalue weighted by Gasteiger charge is -2.30. The van der Waals surface area contributed by atoms with Crippen molar-refractivity contribution in [1.82, 2.24) is 4.31 Å². The van der Waals surface area contributed by atoms with Crippen molar-refractivity contribution >= 4 is 33.3 Å². The van der Waals surface area contributed by atoms with Gasteiger partial charge in [-0.25, -0.2) is 8.42 Å². The van der Waals surface area contributed by atoms with Crippen molar-refractivity contribution in [2.75, 3.05) is 6.61 Å². The molecule has 0 saturated carbocycles. The van der Waals surface area contributed by atoms with Gasteiger partial charge in [0.15, 0.2) is 0 Å². The smallest absolute Gasteiger partial charge is 0.324 e. The van der Waals surface area contributed by atoms with Crippen LogP contribution in [-0.4, -0.2) is 36.3 Å². The summed E-state index contributed by atoms with van der Waals surface area (Å²) in [6.07, 6.45) is 0.232. The number of carbonyl (C=O) groups is 1. The molecule has 0 aliphatic carbocycles. The van der Waals surface area contributed by atoms with Crippen LogP contribution >= 0.6 is 11.6 Å². The number of nitro groups is 1. The third-order valence-corrected chi connectivity index (χ3v) is 6.78. The van der Waals surface area contributed by atoms with Crippen LogP contribution in [0.15, 0.2) is 53.4 Å². The summed E-state index contributed by atoms with van der Waals surface area (Å²) in [4.78, 5) is 22.9. The zero-order chi connectivity index (χ0) is 23.2. The third kappa shape index (κ3) is 6.25. The van der Waals surface area contributed by atoms with Gasteiger partial charge in [0, 0.05) is 23.7 Å². The van der Waals surface area contributed by atoms with E-state index in [-0.39, 0.29) is 36.1 Å². The molecule has 0 N–H and O–H groups in total. The van der Waals surface area contributed by atoms with Crippen molar-refractivity contribution in [3.8, 4) is 0 Å². The topological polar surface area (TPSA) is 107 Å². The molecule has 168 valence electrons. The average Bonchev–Trinajstić information content (AvgIpc) is 2.71. The summed E-state index contributed by atoms with van der Waals surface area (Å²) in [5.74, 6) is -0.663. The number of esters is 1. The van der Waals surface area contributed by atoms with Gasteiger partial charge in [-0.1, -0.05) is 43.6 Å². The van der Waals surface area contributed by atoms with Crippen LogP contribution in [0.4, 0.5) is 5.69 Å². The number of rotatable bonds is 10. The molecule has 2 aromatic carbocycles. The summed E-state index contributed by atoms with van der Waals surface area (Å²) >= 11 is 6.26. The Hall–Kier alpha value is -2.49. The van der Waals surface area contributed by atoms with E-state index in [1.54, 1.807) is 31.2 Å². The van der Waals surface area contributed by atoms with Gasteiger partial charge in [-0.15, -0.1) is 0 Å². The molecule has 0 unspecified atom stereocenters. The maximum Gasteiger partial charge on any atom is 0.324 e. The summed E-state index contributed by atoms with van der Waals surface area (Å²) < 4.78 is 33.4. The molecule has 0 amide bonds. The Morgan fingerprint density at radius 2 is 1.77 bits per heavy atom. The van der Waals surface area contributed by atoms with Gasteiger partial charge >= 0.3 is 5.97 Å². The van der Waals surface area contributed by atoms with Gasteiger partial charge in [0.25, 0.3) is 5.69 Å². The zero-order valence-electron chi connectivity index (χ0n) is 17.5. The number of nitrogens with zero attached hydrogens (tertiary/aromatic N) is 2. The fraction of sp³-hybridized carbons (Fsp3) is 0.381. The first-order chi connectivity index (χ1) is 14.6. The van der Waals surface area contributed by atoms with Crippen LogP contribution in [0.1, 0.15) is 32.8 Å². The van der Waals surface area contributed by atoms with E-state index in [0.29, 0.717) is 10.6 Å². The molecule has 0 heterocycles. The lowest BCUT2D eigenvalue weighted by molar-refractivity contribution is -0.384. The molecular formula is C21H25ClN2O6S. The summed E-state index contributed by atoms with van der Waals surface area (Å²) in [7, 11) is -4.22. The van der Waals surface area contributed by atoms with Crippen LogP contribution in [0.5, 0.6) is 0 Å². The monoisotopic (exact) mass is 468 g/mol. The minimum Gasteiger partial charge on any atom is -0.465 e. The summed E-state index contributed by atoms with van der Waals surface area (Å²) in [6.45, 7) is 5.34. The van der Waals surface area contributed by atoms with Crippen LogP contribution in [0, 0.1) is 16.0 Å². The highest BCUT2D eigenvalue weighted by Gasteiger charge is 2.37. The second-order valence-corrected chi connectivity index (χ2v) is 9.59. The Labute approximate surface area is 187 Å². The number of non-ortho nitro benzene ring substituents is 1. The average molecular weight is 469 g/mol. The maximum absolute atomic E-state index is 13.6. The number of ether oxygens (including phenoxy) is 1. The highest BCUT2D eigenvalue weighted by atomic mass is 35.5. The SMILES string of the molecule is CCOC(=O)[C@@H](CC(C)C)N(Cc1ccccc1Cl)S(=O)(=O)c1ccc([N+](=O)[O-])cc1. The predicted octanol–water partition coefficient (Wildman–Crippen LogP) is 4.42. The molecule has 1 atom stereocenters. The van der Waals surface area contributed by atoms with Crippen molar-refractivity contribution in [3.63, 3.8) is 0 Å². The molecular weight excluding hydrogens is 444 g/mol. The van der Waals surface area contributed by atoms with Gasteiger partial charge in [-0.2, -0.15) is 4.31 Å². The molecule has 0 bridgehead atoms. The Morgan fingerprint density at radius 3 is 2.29 bits per heavy atom. The van der Waals surface area contributed by atoms with Crippen LogP contribution in [0.25, 0.3) is 0 Å². The normalized spacial score (nSPS) is 12.7. The minimum atomic E-state index is -4.22. The lowest BCUT2D eigenvalue weighted by Crippen LogP contribution is -2.46. The molecule has 0 aliphatic rings. The maximum atomic E-state index is 13.6. The molecule has 0 spiro atoms. The van der Waals surface area contributed by atoms with E-state index in [4.69, 9.17) is 16.3 Å². The first kappa shape index (κ1) is 24.8. The van der Waals surface area contributed by atoms with Gasteiger partial charge in [0.1, 0.15) is 6.04 Å². The second-order valence-electron chi connectivity index (χ2n) is 7.29. The van der Waals surface area contributed by atoms with Gasteiger partial charge in [0.05, 0.1) is 16.4 Å². The number of sulfonamides is 1. The van der Waals surface area contributed by atoms with Crippen LogP contribution < -0.4 is 0 Å². The van der Waals surface area contributed by atoms with Crippen molar-refractivity contribution in [2.45, 2.75) is 44.7 Å². The van der Waals surface area contributed by atoms with Crippen molar-refractivity contribution in [2.24, 2.45) is 5.92 Å². The second kappa shape index (κ2) is 10.7. The molecule has 0 aromatic heterocycles. The zero-order valence-corrected chi connectivity index (χ0v) is 19.1. The fourth-order valence-corrected chi connectivity index (χ4v) is 4.81. The molecule has 2 rings (SSSR count). The number of hydrogen-bond acceptors (Lipinski definition) is 6. The quantitative estimate of drug-likeness (QED) is 0.290. The van der Waals surface area contributed by atoms with E-state index in [1.807, 2.05) is 13.8 Å². The molecule has 10 heteroatoms. The Kier molecular flexibility index (Phi) is 8.55. The molecule has 0 radical (unpaired) electrons. The summed E-state index contributed by atoms with van der Waals surface area (Å²) in [5, 5.41) is 11.3. The third-order valence-electron chi connectivity index (χ3n) is 4.54. The standard InChI is InChI=1S/C21H25ClN2O6S/c1-4-30-21(25)20(13-15(2)3)23(14-16-7-5-6-8-19(16)22)31(28,29)18-11-9-17(10-12-18)24(26)27/h5-12,15,20H,4,13-14H2,1-3H3/t20-/m1/s1. The van der Waals surface area contributed by atoms with Gasteiger partial charge in [-0.3, -0.25) is 14.9 Å². The van der Waals surface area contributed by atoms with E-state index < -0.39 is 27.0 Å². The molecule has 2 aromatic rings. The number of benzene rings is 2. The van der Waals surface area contributed by atoms with E-state index in [9.17, 15) is 23.3 Å². The van der Waals surface area contributed by atoms with Crippen molar-refractivity contribution in [3.05, 3.63) is 69.2 Å².